The molecule has 0 aromatic heterocycles. The number of fused-ring (bicyclic) bond motifs is 1. The van der Waals surface area contributed by atoms with Crippen molar-refractivity contribution < 1.29 is 13.6 Å². The Kier molecular flexibility index (Phi) is 3.01. The summed E-state index contributed by atoms with van der Waals surface area (Å²) in [6.07, 6.45) is 2.94. The molecule has 1 aliphatic rings. The van der Waals surface area contributed by atoms with Crippen molar-refractivity contribution in [2.45, 2.75) is 19.3 Å². The van der Waals surface area contributed by atoms with Crippen LogP contribution < -0.4 is 5.73 Å². The Morgan fingerprint density at radius 3 is 2.60 bits per heavy atom. The van der Waals surface area contributed by atoms with Crippen molar-refractivity contribution in [1.29, 1.82) is 0 Å². The minimum absolute atomic E-state index is 0.226. The molecule has 20 heavy (non-hydrogen) atoms. The highest BCUT2D eigenvalue weighted by Gasteiger charge is 2.22. The third-order valence-electron chi connectivity index (χ3n) is 3.71. The minimum Gasteiger partial charge on any atom is -0.396 e. The zero-order valence-electron chi connectivity index (χ0n) is 10.7. The molecule has 2 aromatic carbocycles. The summed E-state index contributed by atoms with van der Waals surface area (Å²) in [7, 11) is 0. The Morgan fingerprint density at radius 1 is 1.05 bits per heavy atom. The number of nitrogens with two attached hydrogens (primary N) is 1. The van der Waals surface area contributed by atoms with Gasteiger partial charge in [0.2, 0.25) is 0 Å². The summed E-state index contributed by atoms with van der Waals surface area (Å²) in [4.78, 5) is 12.3. The quantitative estimate of drug-likeness (QED) is 0.674. The average Bonchev–Trinajstić information content (AvgIpc) is 2.90. The average molecular weight is 273 g/mol. The molecule has 1 aliphatic carbocycles. The van der Waals surface area contributed by atoms with Gasteiger partial charge in [-0.3, -0.25) is 4.79 Å². The molecular formula is C16H13F2NO. The molecule has 102 valence electrons. The van der Waals surface area contributed by atoms with E-state index in [0.717, 1.165) is 37.0 Å². The van der Waals surface area contributed by atoms with Crippen molar-refractivity contribution in [1.82, 2.24) is 0 Å². The molecule has 2 aromatic rings. The second-order valence-electron chi connectivity index (χ2n) is 4.99. The van der Waals surface area contributed by atoms with Gasteiger partial charge in [0.15, 0.2) is 11.6 Å². The molecule has 0 spiro atoms. The standard InChI is InChI=1S/C16H13F2NO/c17-12-6-7-13(19)15(18)14(12)16(20)11-5-4-9-2-1-3-10(9)8-11/h4-8H,1-3,19H2. The van der Waals surface area contributed by atoms with E-state index in [0.29, 0.717) is 5.56 Å². The molecule has 0 amide bonds. The summed E-state index contributed by atoms with van der Waals surface area (Å²) in [5, 5.41) is 0. The fourth-order valence-corrected chi connectivity index (χ4v) is 2.63. The predicted molar refractivity (Wildman–Crippen MR) is 72.7 cm³/mol. The van der Waals surface area contributed by atoms with Gasteiger partial charge in [-0.05, 0) is 48.6 Å². The zero-order chi connectivity index (χ0) is 14.3. The van der Waals surface area contributed by atoms with E-state index in [1.165, 1.54) is 5.56 Å². The van der Waals surface area contributed by atoms with Crippen molar-refractivity contribution in [2.24, 2.45) is 0 Å². The predicted octanol–water partition coefficient (Wildman–Crippen LogP) is 3.27. The van der Waals surface area contributed by atoms with E-state index >= 15 is 0 Å². The normalized spacial score (nSPS) is 13.3. The molecule has 3 rings (SSSR count). The van der Waals surface area contributed by atoms with Crippen molar-refractivity contribution >= 4 is 11.5 Å². The van der Waals surface area contributed by atoms with Crippen LogP contribution >= 0.6 is 0 Å². The van der Waals surface area contributed by atoms with Crippen molar-refractivity contribution in [3.63, 3.8) is 0 Å². The van der Waals surface area contributed by atoms with Gasteiger partial charge in [-0.15, -0.1) is 0 Å². The van der Waals surface area contributed by atoms with E-state index in [1.807, 2.05) is 6.07 Å². The fraction of sp³-hybridized carbons (Fsp3) is 0.188. The van der Waals surface area contributed by atoms with Gasteiger partial charge in [-0.25, -0.2) is 8.78 Å². The number of nitrogen functional groups attached to an aromatic ring is 1. The minimum atomic E-state index is -0.990. The molecule has 0 saturated carbocycles. The van der Waals surface area contributed by atoms with Crippen molar-refractivity contribution in [2.75, 3.05) is 5.73 Å². The fourth-order valence-electron chi connectivity index (χ4n) is 2.63. The molecule has 0 heterocycles. The molecule has 0 atom stereocenters. The monoisotopic (exact) mass is 273 g/mol. The van der Waals surface area contributed by atoms with Gasteiger partial charge in [-0.2, -0.15) is 0 Å². The molecule has 0 unspecified atom stereocenters. The van der Waals surface area contributed by atoms with E-state index in [1.54, 1.807) is 12.1 Å². The second-order valence-corrected chi connectivity index (χ2v) is 4.99. The number of ketones is 1. The Bertz CT molecular complexity index is 710. The number of halogens is 2. The van der Waals surface area contributed by atoms with Crippen molar-refractivity contribution in [3.05, 3.63) is 64.2 Å². The van der Waals surface area contributed by atoms with E-state index in [4.69, 9.17) is 5.73 Å². The van der Waals surface area contributed by atoms with Gasteiger partial charge < -0.3 is 5.73 Å². The summed E-state index contributed by atoms with van der Waals surface area (Å²) < 4.78 is 27.6. The highest BCUT2D eigenvalue weighted by atomic mass is 19.1. The maximum atomic E-state index is 13.9. The smallest absolute Gasteiger partial charge is 0.199 e. The topological polar surface area (TPSA) is 43.1 Å². The van der Waals surface area contributed by atoms with Crippen LogP contribution in [0.4, 0.5) is 14.5 Å². The van der Waals surface area contributed by atoms with E-state index in [9.17, 15) is 13.6 Å². The highest BCUT2D eigenvalue weighted by molar-refractivity contribution is 6.10. The Labute approximate surface area is 115 Å². The van der Waals surface area contributed by atoms with E-state index < -0.39 is 23.0 Å². The molecule has 2 nitrogen and oxygen atoms in total. The Balaban J connectivity index is 2.07. The van der Waals surface area contributed by atoms with Gasteiger partial charge in [-0.1, -0.05) is 12.1 Å². The van der Waals surface area contributed by atoms with E-state index in [-0.39, 0.29) is 5.69 Å². The Morgan fingerprint density at radius 2 is 1.80 bits per heavy atom. The molecule has 0 aliphatic heterocycles. The first-order valence-electron chi connectivity index (χ1n) is 6.48. The van der Waals surface area contributed by atoms with Gasteiger partial charge in [0.05, 0.1) is 11.3 Å². The summed E-state index contributed by atoms with van der Waals surface area (Å²) >= 11 is 0. The SMILES string of the molecule is Nc1ccc(F)c(C(=O)c2ccc3c(c2)CCC3)c1F. The van der Waals surface area contributed by atoms with Crippen LogP contribution in [-0.2, 0) is 12.8 Å². The van der Waals surface area contributed by atoms with E-state index in [2.05, 4.69) is 0 Å². The summed E-state index contributed by atoms with van der Waals surface area (Å²) in [6, 6.07) is 7.34. The molecule has 2 N–H and O–H groups in total. The lowest BCUT2D eigenvalue weighted by molar-refractivity contribution is 0.103. The number of carbonyl (C=O) groups excluding carboxylic acids is 1. The van der Waals surface area contributed by atoms with Gasteiger partial charge in [0, 0.05) is 5.56 Å². The zero-order valence-corrected chi connectivity index (χ0v) is 10.7. The number of benzene rings is 2. The molecule has 4 heteroatoms. The maximum absolute atomic E-state index is 13.9. The van der Waals surface area contributed by atoms with Gasteiger partial charge in [0.1, 0.15) is 5.82 Å². The molecule has 0 radical (unpaired) electrons. The number of hydrogen-bond acceptors (Lipinski definition) is 2. The number of hydrogen-bond donors (Lipinski definition) is 1. The lowest BCUT2D eigenvalue weighted by atomic mass is 9.98. The maximum Gasteiger partial charge on any atom is 0.199 e. The van der Waals surface area contributed by atoms with Crippen LogP contribution in [0.3, 0.4) is 0 Å². The number of aryl methyl sites for hydroxylation is 2. The van der Waals surface area contributed by atoms with Gasteiger partial charge >= 0.3 is 0 Å². The third-order valence-corrected chi connectivity index (χ3v) is 3.71. The van der Waals surface area contributed by atoms with Crippen LogP contribution in [0.15, 0.2) is 30.3 Å². The second kappa shape index (κ2) is 4.71. The first kappa shape index (κ1) is 12.8. The largest absolute Gasteiger partial charge is 0.396 e. The summed E-state index contributed by atoms with van der Waals surface area (Å²) in [5.41, 5.74) is 7.18. The molecular weight excluding hydrogens is 260 g/mol. The van der Waals surface area contributed by atoms with Crippen LogP contribution in [0.1, 0.15) is 33.5 Å². The first-order chi connectivity index (χ1) is 9.58. The van der Waals surface area contributed by atoms with Gasteiger partial charge in [0.25, 0.3) is 0 Å². The molecule has 0 fully saturated rings. The van der Waals surface area contributed by atoms with Crippen LogP contribution in [0, 0.1) is 11.6 Å². The lowest BCUT2D eigenvalue weighted by Crippen LogP contribution is -2.10. The number of anilines is 1. The van der Waals surface area contributed by atoms with Crippen LogP contribution in [0.25, 0.3) is 0 Å². The molecule has 0 bridgehead atoms. The number of rotatable bonds is 2. The summed E-state index contributed by atoms with van der Waals surface area (Å²) in [6.45, 7) is 0. The Hall–Kier alpha value is -2.23. The number of carbonyl (C=O) groups is 1. The van der Waals surface area contributed by atoms with Crippen LogP contribution in [0.2, 0.25) is 0 Å². The lowest BCUT2D eigenvalue weighted by Gasteiger charge is -2.08. The van der Waals surface area contributed by atoms with Crippen molar-refractivity contribution in [3.8, 4) is 0 Å². The molecule has 0 saturated heterocycles. The highest BCUT2D eigenvalue weighted by Crippen LogP contribution is 2.26. The van der Waals surface area contributed by atoms with Crippen LogP contribution in [-0.4, -0.2) is 5.78 Å². The summed E-state index contributed by atoms with van der Waals surface area (Å²) in [5.74, 6) is -2.54. The first-order valence-corrected chi connectivity index (χ1v) is 6.48. The third kappa shape index (κ3) is 1.97. The van der Waals surface area contributed by atoms with Crippen LogP contribution in [0.5, 0.6) is 0 Å².